The SMILES string of the molecule is CCCCCNC(=NCC(C)Cn1cccn1)NCC. The van der Waals surface area contributed by atoms with E-state index in [0.717, 1.165) is 32.1 Å². The van der Waals surface area contributed by atoms with Crippen molar-refractivity contribution in [3.8, 4) is 0 Å². The van der Waals surface area contributed by atoms with Gasteiger partial charge in [-0.2, -0.15) is 5.10 Å². The van der Waals surface area contributed by atoms with Gasteiger partial charge in [0.15, 0.2) is 5.96 Å². The van der Waals surface area contributed by atoms with Crippen molar-refractivity contribution in [3.63, 3.8) is 0 Å². The lowest BCUT2D eigenvalue weighted by atomic mass is 10.2. The maximum absolute atomic E-state index is 4.64. The molecular weight excluding hydrogens is 250 g/mol. The third-order valence-corrected chi connectivity index (χ3v) is 3.04. The number of aromatic nitrogens is 2. The van der Waals surface area contributed by atoms with Gasteiger partial charge < -0.3 is 10.6 Å². The van der Waals surface area contributed by atoms with E-state index in [1.54, 1.807) is 0 Å². The highest BCUT2D eigenvalue weighted by Gasteiger charge is 2.04. The number of nitrogens with one attached hydrogen (secondary N) is 2. The second kappa shape index (κ2) is 10.3. The van der Waals surface area contributed by atoms with Crippen molar-refractivity contribution in [2.45, 2.75) is 46.6 Å². The van der Waals surface area contributed by atoms with Gasteiger partial charge in [-0.1, -0.05) is 26.7 Å². The van der Waals surface area contributed by atoms with Crippen molar-refractivity contribution in [2.24, 2.45) is 10.9 Å². The molecule has 0 amide bonds. The fourth-order valence-corrected chi connectivity index (χ4v) is 1.96. The average molecular weight is 279 g/mol. The van der Waals surface area contributed by atoms with Crippen LogP contribution >= 0.6 is 0 Å². The van der Waals surface area contributed by atoms with Gasteiger partial charge >= 0.3 is 0 Å². The second-order valence-corrected chi connectivity index (χ2v) is 5.19. The molecule has 0 spiro atoms. The first-order valence-electron chi connectivity index (χ1n) is 7.75. The average Bonchev–Trinajstić information content (AvgIpc) is 2.93. The summed E-state index contributed by atoms with van der Waals surface area (Å²) in [6, 6.07) is 1.95. The Kier molecular flexibility index (Phi) is 8.51. The summed E-state index contributed by atoms with van der Waals surface area (Å²) in [5, 5.41) is 10.9. The number of hydrogen-bond acceptors (Lipinski definition) is 2. The number of rotatable bonds is 9. The highest BCUT2D eigenvalue weighted by atomic mass is 15.3. The summed E-state index contributed by atoms with van der Waals surface area (Å²) in [5.41, 5.74) is 0. The van der Waals surface area contributed by atoms with Crippen LogP contribution in [0.4, 0.5) is 0 Å². The Hall–Kier alpha value is -1.52. The van der Waals surface area contributed by atoms with Crippen LogP contribution in [0.3, 0.4) is 0 Å². The van der Waals surface area contributed by atoms with Crippen molar-refractivity contribution in [1.29, 1.82) is 0 Å². The van der Waals surface area contributed by atoms with Crippen LogP contribution in [0.15, 0.2) is 23.5 Å². The van der Waals surface area contributed by atoms with E-state index in [2.05, 4.69) is 41.5 Å². The van der Waals surface area contributed by atoms with E-state index in [-0.39, 0.29) is 0 Å². The molecule has 1 aromatic heterocycles. The van der Waals surface area contributed by atoms with E-state index in [9.17, 15) is 0 Å². The maximum Gasteiger partial charge on any atom is 0.191 e. The lowest BCUT2D eigenvalue weighted by molar-refractivity contribution is 0.458. The molecule has 0 fully saturated rings. The molecule has 1 rings (SSSR count). The zero-order chi connectivity index (χ0) is 14.6. The van der Waals surface area contributed by atoms with Gasteiger partial charge in [0.1, 0.15) is 0 Å². The zero-order valence-corrected chi connectivity index (χ0v) is 13.1. The minimum atomic E-state index is 0.473. The Morgan fingerprint density at radius 3 is 2.80 bits per heavy atom. The highest BCUT2D eigenvalue weighted by Crippen LogP contribution is 2.00. The van der Waals surface area contributed by atoms with Gasteiger partial charge in [-0.15, -0.1) is 0 Å². The summed E-state index contributed by atoms with van der Waals surface area (Å²) in [4.78, 5) is 4.64. The Bertz CT molecular complexity index is 358. The molecule has 0 aliphatic heterocycles. The Morgan fingerprint density at radius 1 is 1.30 bits per heavy atom. The third-order valence-electron chi connectivity index (χ3n) is 3.04. The summed E-state index contributed by atoms with van der Waals surface area (Å²) in [5.74, 6) is 1.40. The van der Waals surface area contributed by atoms with Gasteiger partial charge in [0.2, 0.25) is 0 Å². The molecule has 0 aliphatic rings. The fourth-order valence-electron chi connectivity index (χ4n) is 1.96. The molecule has 0 saturated heterocycles. The first-order chi connectivity index (χ1) is 9.76. The lowest BCUT2D eigenvalue weighted by Gasteiger charge is -2.13. The summed E-state index contributed by atoms with van der Waals surface area (Å²) in [7, 11) is 0. The Labute approximate surface area is 122 Å². The second-order valence-electron chi connectivity index (χ2n) is 5.19. The molecule has 1 heterocycles. The molecule has 0 aromatic carbocycles. The molecule has 1 aromatic rings. The van der Waals surface area contributed by atoms with Gasteiger partial charge in [-0.05, 0) is 25.3 Å². The van der Waals surface area contributed by atoms with Crippen LogP contribution in [0.25, 0.3) is 0 Å². The highest BCUT2D eigenvalue weighted by molar-refractivity contribution is 5.79. The molecule has 20 heavy (non-hydrogen) atoms. The predicted molar refractivity (Wildman–Crippen MR) is 84.9 cm³/mol. The summed E-state index contributed by atoms with van der Waals surface area (Å²) < 4.78 is 1.96. The van der Waals surface area contributed by atoms with Gasteiger partial charge in [0, 0.05) is 38.6 Å². The first kappa shape index (κ1) is 16.5. The number of unbranched alkanes of at least 4 members (excludes halogenated alkanes) is 2. The number of hydrogen-bond donors (Lipinski definition) is 2. The quantitative estimate of drug-likeness (QED) is 0.414. The molecule has 0 radical (unpaired) electrons. The maximum atomic E-state index is 4.64. The van der Waals surface area contributed by atoms with Gasteiger partial charge in [0.05, 0.1) is 0 Å². The van der Waals surface area contributed by atoms with Crippen molar-refractivity contribution in [3.05, 3.63) is 18.5 Å². The van der Waals surface area contributed by atoms with Gasteiger partial charge in [0.25, 0.3) is 0 Å². The van der Waals surface area contributed by atoms with E-state index in [1.807, 2.05) is 23.1 Å². The van der Waals surface area contributed by atoms with E-state index in [4.69, 9.17) is 0 Å². The smallest absolute Gasteiger partial charge is 0.191 e. The van der Waals surface area contributed by atoms with Crippen LogP contribution in [-0.4, -0.2) is 35.4 Å². The van der Waals surface area contributed by atoms with Crippen molar-refractivity contribution < 1.29 is 0 Å². The van der Waals surface area contributed by atoms with Gasteiger partial charge in [-0.25, -0.2) is 0 Å². The van der Waals surface area contributed by atoms with Crippen LogP contribution < -0.4 is 10.6 Å². The van der Waals surface area contributed by atoms with Gasteiger partial charge in [-0.3, -0.25) is 9.67 Å². The molecule has 0 saturated carbocycles. The monoisotopic (exact) mass is 279 g/mol. The molecule has 5 nitrogen and oxygen atoms in total. The first-order valence-corrected chi connectivity index (χ1v) is 7.75. The van der Waals surface area contributed by atoms with Crippen LogP contribution in [-0.2, 0) is 6.54 Å². The van der Waals surface area contributed by atoms with E-state index >= 15 is 0 Å². The van der Waals surface area contributed by atoms with Crippen LogP contribution in [0.2, 0.25) is 0 Å². The molecule has 5 heteroatoms. The molecule has 0 aliphatic carbocycles. The largest absolute Gasteiger partial charge is 0.357 e. The predicted octanol–water partition coefficient (Wildman–Crippen LogP) is 2.26. The number of guanidine groups is 1. The standard InChI is InChI=1S/C15H29N5/c1-4-6-7-9-17-15(16-5-2)18-12-14(3)13-20-11-8-10-19-20/h8,10-11,14H,4-7,9,12-13H2,1-3H3,(H2,16,17,18). The van der Waals surface area contributed by atoms with E-state index in [1.165, 1.54) is 19.3 Å². The summed E-state index contributed by atoms with van der Waals surface area (Å²) in [6.45, 7) is 10.1. The Balaban J connectivity index is 2.32. The molecule has 2 N–H and O–H groups in total. The lowest BCUT2D eigenvalue weighted by Crippen LogP contribution is -2.38. The summed E-state index contributed by atoms with van der Waals surface area (Å²) in [6.07, 6.45) is 7.52. The molecule has 0 bridgehead atoms. The Morgan fingerprint density at radius 2 is 2.15 bits per heavy atom. The van der Waals surface area contributed by atoms with E-state index < -0.39 is 0 Å². The summed E-state index contributed by atoms with van der Waals surface area (Å²) >= 11 is 0. The van der Waals surface area contributed by atoms with Crippen LogP contribution in [0.5, 0.6) is 0 Å². The van der Waals surface area contributed by atoms with Crippen LogP contribution in [0.1, 0.15) is 40.0 Å². The van der Waals surface area contributed by atoms with Crippen LogP contribution in [0, 0.1) is 5.92 Å². The molecular formula is C15H29N5. The normalized spacial score (nSPS) is 13.2. The minimum Gasteiger partial charge on any atom is -0.357 e. The number of aliphatic imine (C=N–C) groups is 1. The molecule has 1 atom stereocenters. The van der Waals surface area contributed by atoms with Crippen molar-refractivity contribution in [1.82, 2.24) is 20.4 Å². The fraction of sp³-hybridized carbons (Fsp3) is 0.733. The topological polar surface area (TPSA) is 54.2 Å². The third kappa shape index (κ3) is 7.16. The van der Waals surface area contributed by atoms with E-state index in [0.29, 0.717) is 5.92 Å². The number of nitrogens with zero attached hydrogens (tertiary/aromatic N) is 3. The van der Waals surface area contributed by atoms with Crippen molar-refractivity contribution in [2.75, 3.05) is 19.6 Å². The minimum absolute atomic E-state index is 0.473. The van der Waals surface area contributed by atoms with Crippen molar-refractivity contribution >= 4 is 5.96 Å². The molecule has 114 valence electrons. The zero-order valence-electron chi connectivity index (χ0n) is 13.1. The molecule has 1 unspecified atom stereocenters.